The summed E-state index contributed by atoms with van der Waals surface area (Å²) in [7, 11) is 3.91. The summed E-state index contributed by atoms with van der Waals surface area (Å²) in [6, 6.07) is 0. The van der Waals surface area contributed by atoms with Gasteiger partial charge in [0.25, 0.3) is 5.91 Å². The number of carbonyl (C=O) groups is 1. The highest BCUT2D eigenvalue weighted by molar-refractivity contribution is 5.93. The Bertz CT molecular complexity index is 503. The van der Waals surface area contributed by atoms with E-state index in [0.29, 0.717) is 31.6 Å². The van der Waals surface area contributed by atoms with E-state index in [-0.39, 0.29) is 5.91 Å². The normalized spacial score (nSPS) is 22.7. The molecule has 1 amide bonds. The zero-order chi connectivity index (χ0) is 16.2. The number of likely N-dealkylation sites (tertiary alicyclic amines) is 1. The Balaban J connectivity index is 2.02. The number of hydrogen-bond acceptors (Lipinski definition) is 5. The first-order valence-electron chi connectivity index (χ1n) is 7.91. The highest BCUT2D eigenvalue weighted by Crippen LogP contribution is 2.23. The van der Waals surface area contributed by atoms with Gasteiger partial charge in [-0.3, -0.25) is 4.79 Å². The Hall–Kier alpha value is -1.53. The second-order valence-electron chi connectivity index (χ2n) is 6.35. The molecule has 1 fully saturated rings. The number of aromatic nitrogens is 2. The molecule has 6 heteroatoms. The minimum Gasteiger partial charge on any atom is -0.388 e. The molecule has 1 saturated heterocycles. The van der Waals surface area contributed by atoms with E-state index < -0.39 is 5.60 Å². The number of aryl methyl sites for hydroxylation is 1. The lowest BCUT2D eigenvalue weighted by Crippen LogP contribution is -2.41. The zero-order valence-electron chi connectivity index (χ0n) is 13.7. The van der Waals surface area contributed by atoms with Crippen LogP contribution in [-0.2, 0) is 6.42 Å². The molecule has 122 valence electrons. The number of aliphatic hydroxyl groups is 1. The monoisotopic (exact) mass is 306 g/mol. The van der Waals surface area contributed by atoms with Crippen molar-refractivity contribution in [3.8, 4) is 0 Å². The predicted molar refractivity (Wildman–Crippen MR) is 84.7 cm³/mol. The van der Waals surface area contributed by atoms with Crippen LogP contribution in [0.2, 0.25) is 0 Å². The van der Waals surface area contributed by atoms with Crippen molar-refractivity contribution in [2.24, 2.45) is 0 Å². The van der Waals surface area contributed by atoms with Crippen LogP contribution >= 0.6 is 0 Å². The van der Waals surface area contributed by atoms with E-state index in [9.17, 15) is 9.90 Å². The van der Waals surface area contributed by atoms with E-state index >= 15 is 0 Å². The van der Waals surface area contributed by atoms with E-state index in [1.807, 2.05) is 25.9 Å². The van der Waals surface area contributed by atoms with Gasteiger partial charge in [0.05, 0.1) is 11.2 Å². The van der Waals surface area contributed by atoms with Crippen LogP contribution in [0.25, 0.3) is 0 Å². The van der Waals surface area contributed by atoms with Crippen molar-refractivity contribution in [1.82, 2.24) is 19.8 Å². The van der Waals surface area contributed by atoms with E-state index in [4.69, 9.17) is 0 Å². The Morgan fingerprint density at radius 2 is 2.00 bits per heavy atom. The van der Waals surface area contributed by atoms with Crippen LogP contribution < -0.4 is 0 Å². The Kier molecular flexibility index (Phi) is 5.47. The molecule has 0 saturated carbocycles. The van der Waals surface area contributed by atoms with E-state index in [2.05, 4.69) is 9.97 Å². The van der Waals surface area contributed by atoms with Crippen LogP contribution in [0.4, 0.5) is 0 Å². The third-order valence-corrected chi connectivity index (χ3v) is 4.08. The van der Waals surface area contributed by atoms with E-state index in [1.165, 1.54) is 0 Å². The van der Waals surface area contributed by atoms with Gasteiger partial charge in [-0.15, -0.1) is 0 Å². The summed E-state index contributed by atoms with van der Waals surface area (Å²) in [6.45, 7) is 3.85. The first-order chi connectivity index (χ1) is 10.4. The minimum absolute atomic E-state index is 0.0447. The smallest absolute Gasteiger partial charge is 0.256 e. The summed E-state index contributed by atoms with van der Waals surface area (Å²) < 4.78 is 0. The number of carbonyl (C=O) groups excluding carboxylic acids is 1. The second kappa shape index (κ2) is 7.15. The van der Waals surface area contributed by atoms with Crippen molar-refractivity contribution in [1.29, 1.82) is 0 Å². The van der Waals surface area contributed by atoms with Gasteiger partial charge < -0.3 is 14.9 Å². The molecule has 0 bridgehead atoms. The van der Waals surface area contributed by atoms with Crippen molar-refractivity contribution in [2.75, 3.05) is 33.7 Å². The van der Waals surface area contributed by atoms with Crippen LogP contribution in [0.1, 0.15) is 42.4 Å². The van der Waals surface area contributed by atoms with Crippen molar-refractivity contribution in [3.05, 3.63) is 23.8 Å². The average Bonchev–Trinajstić information content (AvgIpc) is 2.68. The highest BCUT2D eigenvalue weighted by atomic mass is 16.3. The quantitative estimate of drug-likeness (QED) is 0.897. The molecule has 2 rings (SSSR count). The molecule has 1 N–H and O–H groups in total. The van der Waals surface area contributed by atoms with Gasteiger partial charge in [-0.2, -0.15) is 0 Å². The maximum atomic E-state index is 12.5. The molecule has 1 atom stereocenters. The second-order valence-corrected chi connectivity index (χ2v) is 6.35. The zero-order valence-corrected chi connectivity index (χ0v) is 13.7. The van der Waals surface area contributed by atoms with Gasteiger partial charge >= 0.3 is 0 Å². The lowest BCUT2D eigenvalue weighted by Gasteiger charge is -2.29. The number of amides is 1. The highest BCUT2D eigenvalue weighted by Gasteiger charge is 2.32. The molecule has 22 heavy (non-hydrogen) atoms. The Morgan fingerprint density at radius 1 is 1.32 bits per heavy atom. The van der Waals surface area contributed by atoms with Gasteiger partial charge in [0.1, 0.15) is 5.82 Å². The van der Waals surface area contributed by atoms with Crippen molar-refractivity contribution in [2.45, 2.75) is 38.2 Å². The Morgan fingerprint density at radius 3 is 2.59 bits per heavy atom. The van der Waals surface area contributed by atoms with Crippen LogP contribution in [0.15, 0.2) is 12.4 Å². The van der Waals surface area contributed by atoms with Crippen LogP contribution in [0, 0.1) is 0 Å². The molecule has 6 nitrogen and oxygen atoms in total. The van der Waals surface area contributed by atoms with Crippen LogP contribution in [0.3, 0.4) is 0 Å². The molecule has 0 aromatic carbocycles. The van der Waals surface area contributed by atoms with Crippen molar-refractivity contribution < 1.29 is 9.90 Å². The molecule has 2 heterocycles. The van der Waals surface area contributed by atoms with Gasteiger partial charge in [0, 0.05) is 38.4 Å². The molecule has 1 aliphatic heterocycles. The standard InChI is InChI=1S/C16H26N4O2/c1-4-14-17-10-13(11-18-14)15(21)20-8-5-6-16(22,7-9-20)12-19(2)3/h10-11,22H,4-9,12H2,1-3H3/t16-/m0/s1. The molecule has 1 aromatic heterocycles. The summed E-state index contributed by atoms with van der Waals surface area (Å²) >= 11 is 0. The van der Waals surface area contributed by atoms with Gasteiger partial charge in [0.2, 0.25) is 0 Å². The van der Waals surface area contributed by atoms with Crippen LogP contribution in [0.5, 0.6) is 0 Å². The fourth-order valence-electron chi connectivity index (χ4n) is 2.96. The number of likely N-dealkylation sites (N-methyl/N-ethyl adjacent to an activating group) is 1. The summed E-state index contributed by atoms with van der Waals surface area (Å²) in [6.07, 6.45) is 6.10. The van der Waals surface area contributed by atoms with Gasteiger partial charge in [-0.1, -0.05) is 6.92 Å². The number of hydrogen-bond donors (Lipinski definition) is 1. The summed E-state index contributed by atoms with van der Waals surface area (Å²) in [5.74, 6) is 0.699. The first-order valence-corrected chi connectivity index (χ1v) is 7.91. The number of rotatable bonds is 4. The predicted octanol–water partition coefficient (Wildman–Crippen LogP) is 0.958. The third-order valence-electron chi connectivity index (χ3n) is 4.08. The molecule has 0 spiro atoms. The first kappa shape index (κ1) is 16.8. The summed E-state index contributed by atoms with van der Waals surface area (Å²) in [5.41, 5.74) is -0.184. The van der Waals surface area contributed by atoms with Crippen molar-refractivity contribution in [3.63, 3.8) is 0 Å². The van der Waals surface area contributed by atoms with Crippen LogP contribution in [-0.4, -0.2) is 70.1 Å². The SMILES string of the molecule is CCc1ncc(C(=O)N2CCC[C@@](O)(CN(C)C)CC2)cn1. The summed E-state index contributed by atoms with van der Waals surface area (Å²) in [4.78, 5) is 24.7. The lowest BCUT2D eigenvalue weighted by molar-refractivity contribution is 0.00305. The average molecular weight is 306 g/mol. The minimum atomic E-state index is -0.707. The number of nitrogens with zero attached hydrogens (tertiary/aromatic N) is 4. The van der Waals surface area contributed by atoms with E-state index in [1.54, 1.807) is 17.3 Å². The topological polar surface area (TPSA) is 69.6 Å². The molecule has 1 aromatic rings. The summed E-state index contributed by atoms with van der Waals surface area (Å²) in [5, 5.41) is 10.7. The van der Waals surface area contributed by atoms with Gasteiger partial charge in [0.15, 0.2) is 0 Å². The molecule has 0 unspecified atom stereocenters. The fourth-order valence-corrected chi connectivity index (χ4v) is 2.96. The molecule has 0 radical (unpaired) electrons. The molecular weight excluding hydrogens is 280 g/mol. The third kappa shape index (κ3) is 4.24. The Labute approximate surface area is 132 Å². The molecule has 0 aliphatic carbocycles. The van der Waals surface area contributed by atoms with E-state index in [0.717, 1.165) is 25.1 Å². The largest absolute Gasteiger partial charge is 0.388 e. The van der Waals surface area contributed by atoms with Gasteiger partial charge in [-0.05, 0) is 33.4 Å². The maximum Gasteiger partial charge on any atom is 0.256 e. The lowest BCUT2D eigenvalue weighted by atomic mass is 9.94. The maximum absolute atomic E-state index is 12.5. The molecule has 1 aliphatic rings. The fraction of sp³-hybridized carbons (Fsp3) is 0.688. The van der Waals surface area contributed by atoms with Crippen molar-refractivity contribution >= 4 is 5.91 Å². The molecular formula is C16H26N4O2. The van der Waals surface area contributed by atoms with Gasteiger partial charge in [-0.25, -0.2) is 9.97 Å².